The average Bonchev–Trinajstić information content (AvgIpc) is 3.49. The second-order valence-corrected chi connectivity index (χ2v) is 8.82. The number of carbonyl (C=O) groups is 1. The SMILES string of the molecule is Cc1cccc(Cl)c1NC(=O)c1cnc(Nc2cccc(NCCCCn3ccnc3)n2)s1. The summed E-state index contributed by atoms with van der Waals surface area (Å²) in [7, 11) is 0. The summed E-state index contributed by atoms with van der Waals surface area (Å²) < 4.78 is 2.07. The van der Waals surface area contributed by atoms with Crippen LogP contribution in [0.3, 0.4) is 0 Å². The lowest BCUT2D eigenvalue weighted by atomic mass is 10.2. The lowest BCUT2D eigenvalue weighted by Gasteiger charge is -2.09. The molecule has 4 rings (SSSR count). The quantitative estimate of drug-likeness (QED) is 0.256. The maximum absolute atomic E-state index is 12.6. The van der Waals surface area contributed by atoms with Crippen LogP contribution >= 0.6 is 22.9 Å². The van der Waals surface area contributed by atoms with Crippen LogP contribution in [0.4, 0.5) is 22.5 Å². The third-order valence-electron chi connectivity index (χ3n) is 4.88. The summed E-state index contributed by atoms with van der Waals surface area (Å²) in [6.45, 7) is 3.68. The van der Waals surface area contributed by atoms with Crippen molar-refractivity contribution in [2.75, 3.05) is 22.5 Å². The topological polar surface area (TPSA) is 96.8 Å². The highest BCUT2D eigenvalue weighted by molar-refractivity contribution is 7.17. The Labute approximate surface area is 201 Å². The molecule has 0 atom stereocenters. The first-order chi connectivity index (χ1) is 16.1. The van der Waals surface area contributed by atoms with Crippen LogP contribution in [-0.4, -0.2) is 32.0 Å². The van der Waals surface area contributed by atoms with Gasteiger partial charge < -0.3 is 20.5 Å². The molecule has 1 aromatic carbocycles. The molecule has 8 nitrogen and oxygen atoms in total. The van der Waals surface area contributed by atoms with Gasteiger partial charge in [-0.1, -0.05) is 41.1 Å². The Morgan fingerprint density at radius 1 is 1.15 bits per heavy atom. The van der Waals surface area contributed by atoms with Crippen molar-refractivity contribution >= 4 is 51.3 Å². The predicted molar refractivity (Wildman–Crippen MR) is 134 cm³/mol. The second-order valence-electron chi connectivity index (χ2n) is 7.38. The van der Waals surface area contributed by atoms with Crippen molar-refractivity contribution in [3.05, 3.63) is 76.8 Å². The number of amides is 1. The van der Waals surface area contributed by atoms with E-state index in [1.807, 2.05) is 49.8 Å². The Bertz CT molecular complexity index is 1190. The van der Waals surface area contributed by atoms with Crippen LogP contribution in [0.15, 0.2) is 61.3 Å². The van der Waals surface area contributed by atoms with Gasteiger partial charge in [0.25, 0.3) is 5.91 Å². The molecule has 170 valence electrons. The van der Waals surface area contributed by atoms with Crippen molar-refractivity contribution in [2.24, 2.45) is 0 Å². The van der Waals surface area contributed by atoms with E-state index in [1.165, 1.54) is 17.5 Å². The van der Waals surface area contributed by atoms with Crippen LogP contribution in [-0.2, 0) is 6.54 Å². The molecule has 4 aromatic rings. The van der Waals surface area contributed by atoms with Crippen molar-refractivity contribution in [2.45, 2.75) is 26.3 Å². The monoisotopic (exact) mass is 481 g/mol. The van der Waals surface area contributed by atoms with Gasteiger partial charge in [-0.15, -0.1) is 0 Å². The van der Waals surface area contributed by atoms with Crippen molar-refractivity contribution in [1.82, 2.24) is 19.5 Å². The van der Waals surface area contributed by atoms with Crippen LogP contribution < -0.4 is 16.0 Å². The minimum absolute atomic E-state index is 0.254. The zero-order chi connectivity index (χ0) is 23.0. The standard InChI is InChI=1S/C23H24ClN7OS/c1-16-6-4-7-17(24)21(16)30-22(32)18-14-27-23(33-18)29-20-9-5-8-19(28-20)26-10-2-3-12-31-13-11-25-15-31/h4-9,11,13-15H,2-3,10,12H2,1H3,(H,30,32)(H2,26,27,28,29). The van der Waals surface area contributed by atoms with E-state index in [9.17, 15) is 4.79 Å². The largest absolute Gasteiger partial charge is 0.370 e. The second kappa shape index (κ2) is 10.9. The van der Waals surface area contributed by atoms with E-state index in [2.05, 4.69) is 35.5 Å². The minimum Gasteiger partial charge on any atom is -0.370 e. The predicted octanol–water partition coefficient (Wildman–Crippen LogP) is 5.58. The van der Waals surface area contributed by atoms with E-state index in [1.54, 1.807) is 12.3 Å². The van der Waals surface area contributed by atoms with E-state index in [0.717, 1.165) is 37.3 Å². The first kappa shape index (κ1) is 22.8. The van der Waals surface area contributed by atoms with Gasteiger partial charge in [-0.3, -0.25) is 4.79 Å². The molecule has 0 radical (unpaired) electrons. The molecule has 0 aliphatic heterocycles. The number of halogens is 1. The van der Waals surface area contributed by atoms with Gasteiger partial charge in [0.2, 0.25) is 0 Å². The normalized spacial score (nSPS) is 10.7. The fraction of sp³-hybridized carbons (Fsp3) is 0.217. The molecule has 0 fully saturated rings. The molecule has 3 aromatic heterocycles. The van der Waals surface area contributed by atoms with Crippen LogP contribution in [0.25, 0.3) is 0 Å². The highest BCUT2D eigenvalue weighted by atomic mass is 35.5. The molecule has 3 N–H and O–H groups in total. The van der Waals surface area contributed by atoms with E-state index in [0.29, 0.717) is 26.5 Å². The van der Waals surface area contributed by atoms with Crippen molar-refractivity contribution in [3.8, 4) is 0 Å². The molecular formula is C23H24ClN7OS. The van der Waals surface area contributed by atoms with Crippen LogP contribution in [0.5, 0.6) is 0 Å². The summed E-state index contributed by atoms with van der Waals surface area (Å²) in [5.41, 5.74) is 1.51. The lowest BCUT2D eigenvalue weighted by molar-refractivity contribution is 0.103. The van der Waals surface area contributed by atoms with Crippen molar-refractivity contribution < 1.29 is 4.79 Å². The zero-order valence-corrected chi connectivity index (χ0v) is 19.7. The van der Waals surface area contributed by atoms with Gasteiger partial charge in [-0.25, -0.2) is 15.0 Å². The number of benzene rings is 1. The maximum atomic E-state index is 12.6. The van der Waals surface area contributed by atoms with Gasteiger partial charge in [-0.05, 0) is 43.5 Å². The summed E-state index contributed by atoms with van der Waals surface area (Å²) >= 11 is 7.46. The Kier molecular flexibility index (Phi) is 7.54. The molecular weight excluding hydrogens is 458 g/mol. The molecule has 3 heterocycles. The van der Waals surface area contributed by atoms with E-state index < -0.39 is 0 Å². The summed E-state index contributed by atoms with van der Waals surface area (Å²) in [6, 6.07) is 11.2. The number of aryl methyl sites for hydroxylation is 2. The number of para-hydroxylation sites is 1. The summed E-state index contributed by atoms with van der Waals surface area (Å²) in [4.78, 5) is 26.0. The third-order valence-corrected chi connectivity index (χ3v) is 6.11. The number of carbonyl (C=O) groups excluding carboxylic acids is 1. The Hall–Kier alpha value is -3.43. The van der Waals surface area contributed by atoms with Gasteiger partial charge in [0.1, 0.15) is 16.5 Å². The smallest absolute Gasteiger partial charge is 0.267 e. The van der Waals surface area contributed by atoms with Crippen molar-refractivity contribution in [1.29, 1.82) is 0 Å². The zero-order valence-electron chi connectivity index (χ0n) is 18.1. The molecule has 0 aliphatic rings. The lowest BCUT2D eigenvalue weighted by Crippen LogP contribution is -2.11. The van der Waals surface area contributed by atoms with Gasteiger partial charge in [0.15, 0.2) is 5.13 Å². The van der Waals surface area contributed by atoms with Crippen LogP contribution in [0.1, 0.15) is 28.1 Å². The number of nitrogens with zero attached hydrogens (tertiary/aromatic N) is 4. The average molecular weight is 482 g/mol. The fourth-order valence-corrected chi connectivity index (χ4v) is 4.16. The summed E-state index contributed by atoms with van der Waals surface area (Å²) in [5, 5.41) is 10.5. The van der Waals surface area contributed by atoms with Gasteiger partial charge in [-0.2, -0.15) is 0 Å². The third kappa shape index (κ3) is 6.30. The molecule has 0 unspecified atom stereocenters. The van der Waals surface area contributed by atoms with Crippen LogP contribution in [0.2, 0.25) is 5.02 Å². The highest BCUT2D eigenvalue weighted by Gasteiger charge is 2.14. The molecule has 0 saturated heterocycles. The number of hydrogen-bond donors (Lipinski definition) is 3. The highest BCUT2D eigenvalue weighted by Crippen LogP contribution is 2.28. The van der Waals surface area contributed by atoms with Gasteiger partial charge in [0, 0.05) is 25.5 Å². The van der Waals surface area contributed by atoms with E-state index in [4.69, 9.17) is 11.6 Å². The summed E-state index contributed by atoms with van der Waals surface area (Å²) in [5.74, 6) is 1.18. The maximum Gasteiger partial charge on any atom is 0.267 e. The molecule has 1 amide bonds. The van der Waals surface area contributed by atoms with Crippen molar-refractivity contribution in [3.63, 3.8) is 0 Å². The number of imidazole rings is 1. The Morgan fingerprint density at radius 2 is 2.00 bits per heavy atom. The van der Waals surface area contributed by atoms with Gasteiger partial charge in [0.05, 0.1) is 23.2 Å². The number of pyridine rings is 1. The molecule has 0 bridgehead atoms. The molecule has 0 spiro atoms. The first-order valence-corrected chi connectivity index (χ1v) is 11.7. The molecule has 10 heteroatoms. The number of hydrogen-bond acceptors (Lipinski definition) is 7. The number of aromatic nitrogens is 4. The minimum atomic E-state index is -0.254. The number of thiazole rings is 1. The number of rotatable bonds is 10. The number of anilines is 4. The van der Waals surface area contributed by atoms with Crippen LogP contribution in [0, 0.1) is 6.92 Å². The Balaban J connectivity index is 1.29. The summed E-state index contributed by atoms with van der Waals surface area (Å²) in [6.07, 6.45) is 9.20. The fourth-order valence-electron chi connectivity index (χ4n) is 3.17. The number of unbranched alkanes of at least 4 members (excludes halogenated alkanes) is 1. The van der Waals surface area contributed by atoms with Gasteiger partial charge >= 0.3 is 0 Å². The first-order valence-electron chi connectivity index (χ1n) is 10.5. The Morgan fingerprint density at radius 3 is 2.82 bits per heavy atom. The molecule has 0 aliphatic carbocycles. The number of nitrogens with one attached hydrogen (secondary N) is 3. The van der Waals surface area contributed by atoms with E-state index >= 15 is 0 Å². The van der Waals surface area contributed by atoms with E-state index in [-0.39, 0.29) is 5.91 Å². The molecule has 0 saturated carbocycles. The molecule has 33 heavy (non-hydrogen) atoms.